The SMILES string of the molecule is O=C(O)C1=NN(c2ccc(S(=O)(=O)[O-])cc2)C(O)/C1=C\C=Cc1c(C(=O)O)[nH]n(-c2ccc(S(=O)(=O)[O-])cc2)c1=O.[K+].[K+]. The van der Waals surface area contributed by atoms with Crippen molar-refractivity contribution < 1.29 is 154 Å². The van der Waals surface area contributed by atoms with E-state index in [1.165, 1.54) is 0 Å². The van der Waals surface area contributed by atoms with E-state index in [1.54, 1.807) is 0 Å². The third-order valence-electron chi connectivity index (χ3n) is 5.65. The number of rotatable bonds is 8. The van der Waals surface area contributed by atoms with Crippen LogP contribution in [0.2, 0.25) is 0 Å². The molecule has 2 aromatic carbocycles. The molecule has 3 aromatic rings. The normalized spacial score (nSPS) is 16.1. The standard InChI is InChI=1S/C23H18N4O12S2.2K/c28-20-16(18(22(30)31)24-26(20)12-4-8-14(9-5-12)40(34,35)36)2-1-3-17-19(23(32)33)25-27(21(17)29)13-6-10-15(11-7-13)41(37,38)39;;/h1-11,20,25,28H,(H,30,31)(H,32,33)(H,34,35,36)(H,37,38,39);;/q;2*+1/p-2/b3-1?,16-2-;;. The Morgan fingerprint density at radius 3 is 1.79 bits per heavy atom. The monoisotopic (exact) mass is 682 g/mol. The molecule has 0 bridgehead atoms. The van der Waals surface area contributed by atoms with Crippen molar-refractivity contribution in [3.05, 3.63) is 87.9 Å². The predicted molar refractivity (Wildman–Crippen MR) is 136 cm³/mol. The number of carboxylic acid groups (broad SMARTS) is 2. The molecule has 43 heavy (non-hydrogen) atoms. The summed E-state index contributed by atoms with van der Waals surface area (Å²) in [6.07, 6.45) is 1.45. The summed E-state index contributed by atoms with van der Waals surface area (Å²) in [5.74, 6) is -3.10. The first-order valence-corrected chi connectivity index (χ1v) is 13.8. The Bertz CT molecular complexity index is 1930. The minimum atomic E-state index is -4.76. The average Bonchev–Trinajstić information content (AvgIpc) is 3.40. The van der Waals surface area contributed by atoms with Gasteiger partial charge in [-0.1, -0.05) is 12.2 Å². The number of anilines is 1. The number of hydrogen-bond acceptors (Lipinski definition) is 12. The van der Waals surface area contributed by atoms with E-state index in [4.69, 9.17) is 0 Å². The van der Waals surface area contributed by atoms with Gasteiger partial charge in [-0.05, 0) is 54.6 Å². The topological polar surface area (TPSA) is 263 Å². The molecular weight excluding hydrogens is 667 g/mol. The first kappa shape index (κ1) is 37.6. The first-order chi connectivity index (χ1) is 19.1. The zero-order valence-corrected chi connectivity index (χ0v) is 30.0. The largest absolute Gasteiger partial charge is 1.00 e. The van der Waals surface area contributed by atoms with E-state index < -0.39 is 70.7 Å². The Labute approximate surface area is 327 Å². The smallest absolute Gasteiger partial charge is 0.744 e. The van der Waals surface area contributed by atoms with Crippen LogP contribution in [-0.4, -0.2) is 74.9 Å². The van der Waals surface area contributed by atoms with Gasteiger partial charge in [0, 0.05) is 5.57 Å². The van der Waals surface area contributed by atoms with E-state index in [0.29, 0.717) is 0 Å². The van der Waals surface area contributed by atoms with E-state index in [0.717, 1.165) is 76.4 Å². The molecule has 1 unspecified atom stereocenters. The summed E-state index contributed by atoms with van der Waals surface area (Å²) >= 11 is 0. The average molecular weight is 683 g/mol. The second-order valence-corrected chi connectivity index (χ2v) is 11.0. The van der Waals surface area contributed by atoms with Gasteiger partial charge in [0.25, 0.3) is 5.56 Å². The number of carboxylic acids is 2. The molecule has 0 amide bonds. The molecule has 1 aliphatic rings. The van der Waals surface area contributed by atoms with E-state index in [9.17, 15) is 55.6 Å². The van der Waals surface area contributed by atoms with E-state index in [2.05, 4.69) is 10.2 Å². The molecule has 20 heteroatoms. The van der Waals surface area contributed by atoms with Gasteiger partial charge in [0.1, 0.15) is 20.2 Å². The summed E-state index contributed by atoms with van der Waals surface area (Å²) in [6, 6.07) is 8.19. The second kappa shape index (κ2) is 14.7. The number of carbonyl (C=O) groups is 2. The van der Waals surface area contributed by atoms with E-state index in [-0.39, 0.29) is 120 Å². The van der Waals surface area contributed by atoms with Gasteiger partial charge in [0.15, 0.2) is 17.6 Å². The maximum atomic E-state index is 13.0. The van der Waals surface area contributed by atoms with Crippen LogP contribution in [0.25, 0.3) is 11.8 Å². The molecule has 0 saturated heterocycles. The van der Waals surface area contributed by atoms with Crippen molar-refractivity contribution in [1.82, 2.24) is 9.78 Å². The predicted octanol–water partition coefficient (Wildman–Crippen LogP) is -6.10. The number of hydrazone groups is 1. The number of hydrogen-bond donors (Lipinski definition) is 4. The molecule has 0 radical (unpaired) electrons. The molecule has 1 aliphatic heterocycles. The summed E-state index contributed by atoms with van der Waals surface area (Å²) in [6.45, 7) is 0. The van der Waals surface area contributed by atoms with Gasteiger partial charge in [-0.25, -0.2) is 36.1 Å². The Morgan fingerprint density at radius 2 is 1.35 bits per heavy atom. The van der Waals surface area contributed by atoms with Gasteiger partial charge in [0.2, 0.25) is 0 Å². The van der Waals surface area contributed by atoms with Crippen molar-refractivity contribution in [1.29, 1.82) is 0 Å². The fourth-order valence-electron chi connectivity index (χ4n) is 3.73. The van der Waals surface area contributed by atoms with Crippen molar-refractivity contribution >= 4 is 49.6 Å². The van der Waals surface area contributed by atoms with Crippen LogP contribution in [0, 0.1) is 0 Å². The number of aliphatic carboxylic acids is 1. The molecule has 2 heterocycles. The van der Waals surface area contributed by atoms with Crippen molar-refractivity contribution in [2.24, 2.45) is 5.10 Å². The van der Waals surface area contributed by atoms with E-state index in [1.807, 2.05) is 0 Å². The van der Waals surface area contributed by atoms with Gasteiger partial charge >= 0.3 is 115 Å². The van der Waals surface area contributed by atoms with Crippen LogP contribution in [0.1, 0.15) is 16.1 Å². The van der Waals surface area contributed by atoms with Crippen LogP contribution in [0.5, 0.6) is 0 Å². The van der Waals surface area contributed by atoms with Gasteiger partial charge in [-0.3, -0.25) is 9.89 Å². The van der Waals surface area contributed by atoms with Crippen molar-refractivity contribution in [2.75, 3.05) is 5.01 Å². The molecule has 0 saturated carbocycles. The van der Waals surface area contributed by atoms with Gasteiger partial charge in [-0.2, -0.15) is 5.10 Å². The second-order valence-electron chi connectivity index (χ2n) is 8.20. The molecule has 0 aliphatic carbocycles. The molecule has 1 atom stereocenters. The molecular formula is C23H16K2N4O12S2. The Kier molecular flexibility index (Phi) is 12.8. The minimum absolute atomic E-state index is 0. The summed E-state index contributed by atoms with van der Waals surface area (Å²) in [5.41, 5.74) is -2.75. The van der Waals surface area contributed by atoms with Crippen molar-refractivity contribution in [2.45, 2.75) is 16.0 Å². The number of nitrogens with one attached hydrogen (secondary N) is 1. The Hall–Kier alpha value is -1.61. The van der Waals surface area contributed by atoms with Crippen LogP contribution < -0.4 is 113 Å². The number of aromatic amines is 1. The third kappa shape index (κ3) is 8.36. The summed E-state index contributed by atoms with van der Waals surface area (Å²) < 4.78 is 67.6. The number of aliphatic hydroxyl groups excluding tert-OH is 1. The zero-order chi connectivity index (χ0) is 30.3. The number of H-pyrrole nitrogens is 1. The molecule has 4 rings (SSSR count). The third-order valence-corrected chi connectivity index (χ3v) is 7.35. The Morgan fingerprint density at radius 1 is 0.860 bits per heavy atom. The fraction of sp³-hybridized carbons (Fsp3) is 0.0435. The van der Waals surface area contributed by atoms with Gasteiger partial charge in [-0.15, -0.1) is 0 Å². The molecule has 0 fully saturated rings. The molecule has 4 N–H and O–H groups in total. The molecule has 0 spiro atoms. The molecule has 1 aromatic heterocycles. The number of benzene rings is 2. The van der Waals surface area contributed by atoms with Crippen LogP contribution in [0.4, 0.5) is 5.69 Å². The van der Waals surface area contributed by atoms with Crippen LogP contribution >= 0.6 is 0 Å². The number of aromatic nitrogens is 2. The maximum absolute atomic E-state index is 13.0. The number of nitrogens with zero attached hydrogens (tertiary/aromatic N) is 3. The van der Waals surface area contributed by atoms with Gasteiger partial charge < -0.3 is 24.4 Å². The number of allylic oxidation sites excluding steroid dienone is 2. The minimum Gasteiger partial charge on any atom is -0.744 e. The number of aliphatic hydroxyl groups is 1. The van der Waals surface area contributed by atoms with Crippen LogP contribution in [0.3, 0.4) is 0 Å². The van der Waals surface area contributed by atoms with Gasteiger partial charge in [0.05, 0.1) is 26.7 Å². The summed E-state index contributed by atoms with van der Waals surface area (Å²) in [5, 5.41) is 36.8. The van der Waals surface area contributed by atoms with Crippen molar-refractivity contribution in [3.8, 4) is 5.69 Å². The number of aromatic carboxylic acids is 1. The Balaban J connectivity index is 0.00000323. The maximum Gasteiger partial charge on any atom is 1.00 e. The summed E-state index contributed by atoms with van der Waals surface area (Å²) in [7, 11) is -9.52. The zero-order valence-electron chi connectivity index (χ0n) is 22.1. The first-order valence-electron chi connectivity index (χ1n) is 11.0. The quantitative estimate of drug-likeness (QED) is 0.128. The van der Waals surface area contributed by atoms with Crippen LogP contribution in [0.15, 0.2) is 85.9 Å². The van der Waals surface area contributed by atoms with Crippen LogP contribution in [-0.2, 0) is 25.0 Å². The fourth-order valence-corrected chi connectivity index (χ4v) is 4.67. The summed E-state index contributed by atoms with van der Waals surface area (Å²) in [4.78, 5) is 35.3. The molecule has 214 valence electrons. The van der Waals surface area contributed by atoms with Crippen molar-refractivity contribution in [3.63, 3.8) is 0 Å². The molecule has 16 nitrogen and oxygen atoms in total. The van der Waals surface area contributed by atoms with E-state index >= 15 is 0 Å².